The number of rotatable bonds is 6. The van der Waals surface area contributed by atoms with E-state index >= 15 is 0 Å². The number of amides is 1. The van der Waals surface area contributed by atoms with Crippen LogP contribution in [0.2, 0.25) is 0 Å². The van der Waals surface area contributed by atoms with Crippen molar-refractivity contribution in [2.24, 2.45) is 0 Å². The quantitative estimate of drug-likeness (QED) is 0.597. The summed E-state index contributed by atoms with van der Waals surface area (Å²) in [6.45, 7) is 1.92. The molecule has 0 fully saturated rings. The number of aryl methyl sites for hydroxylation is 1. The van der Waals surface area contributed by atoms with Gasteiger partial charge in [-0.25, -0.2) is 17.8 Å². The standard InChI is InChI=1S/C19H18F3N5O3S/c1-12-3-5-13(6-4-12)9-18(28)24-14-7-8-15(16(10-14)31(29,30)23-2)27-11-17(25-26-27)19(20,21)22/h3-8,10-11,23H,9H2,1-2H3,(H,24,28). The molecule has 0 unspecified atom stereocenters. The first-order chi connectivity index (χ1) is 14.5. The average Bonchev–Trinajstić information content (AvgIpc) is 3.20. The SMILES string of the molecule is CNS(=O)(=O)c1cc(NC(=O)Cc2ccc(C)cc2)ccc1-n1cc(C(F)(F)F)nn1. The van der Waals surface area contributed by atoms with Crippen molar-refractivity contribution in [3.8, 4) is 5.69 Å². The van der Waals surface area contributed by atoms with Crippen LogP contribution in [0.4, 0.5) is 18.9 Å². The minimum absolute atomic E-state index is 0.0637. The largest absolute Gasteiger partial charge is 0.436 e. The van der Waals surface area contributed by atoms with E-state index in [0.717, 1.165) is 24.2 Å². The third kappa shape index (κ3) is 5.27. The monoisotopic (exact) mass is 453 g/mol. The summed E-state index contributed by atoms with van der Waals surface area (Å²) >= 11 is 0. The van der Waals surface area contributed by atoms with Crippen molar-refractivity contribution < 1.29 is 26.4 Å². The Morgan fingerprint density at radius 1 is 1.13 bits per heavy atom. The third-order valence-electron chi connectivity index (χ3n) is 4.32. The van der Waals surface area contributed by atoms with E-state index in [1.807, 2.05) is 19.1 Å². The Hall–Kier alpha value is -3.25. The van der Waals surface area contributed by atoms with Gasteiger partial charge in [-0.15, -0.1) is 5.10 Å². The van der Waals surface area contributed by atoms with Crippen LogP contribution in [0, 0.1) is 6.92 Å². The maximum Gasteiger partial charge on any atom is 0.436 e. The summed E-state index contributed by atoms with van der Waals surface area (Å²) in [5.41, 5.74) is 0.545. The molecule has 0 spiro atoms. The van der Waals surface area contributed by atoms with Crippen LogP contribution in [0.3, 0.4) is 0 Å². The van der Waals surface area contributed by atoms with Gasteiger partial charge >= 0.3 is 6.18 Å². The van der Waals surface area contributed by atoms with Crippen LogP contribution in [0.15, 0.2) is 53.6 Å². The van der Waals surface area contributed by atoms with Gasteiger partial charge in [0.25, 0.3) is 0 Å². The summed E-state index contributed by atoms with van der Waals surface area (Å²) in [5, 5.41) is 9.01. The molecule has 0 radical (unpaired) electrons. The fourth-order valence-corrected chi connectivity index (χ4v) is 3.65. The van der Waals surface area contributed by atoms with Gasteiger partial charge < -0.3 is 5.32 Å². The fraction of sp³-hybridized carbons (Fsp3) is 0.211. The first-order valence-corrected chi connectivity index (χ1v) is 10.4. The van der Waals surface area contributed by atoms with Crippen LogP contribution >= 0.6 is 0 Å². The molecular formula is C19H18F3N5O3S. The Balaban J connectivity index is 1.92. The molecule has 0 aliphatic carbocycles. The van der Waals surface area contributed by atoms with Crippen LogP contribution < -0.4 is 10.0 Å². The minimum Gasteiger partial charge on any atom is -0.326 e. The molecule has 31 heavy (non-hydrogen) atoms. The number of carbonyl (C=O) groups is 1. The van der Waals surface area contributed by atoms with Crippen LogP contribution in [0.5, 0.6) is 0 Å². The first-order valence-electron chi connectivity index (χ1n) is 8.92. The normalized spacial score (nSPS) is 12.0. The predicted molar refractivity (Wildman–Crippen MR) is 106 cm³/mol. The lowest BCUT2D eigenvalue weighted by atomic mass is 10.1. The Morgan fingerprint density at radius 3 is 2.39 bits per heavy atom. The number of anilines is 1. The molecule has 2 aromatic carbocycles. The molecule has 0 saturated heterocycles. The van der Waals surface area contributed by atoms with E-state index in [9.17, 15) is 26.4 Å². The molecule has 2 N–H and O–H groups in total. The highest BCUT2D eigenvalue weighted by Gasteiger charge is 2.35. The molecule has 0 atom stereocenters. The second-order valence-corrected chi connectivity index (χ2v) is 8.50. The number of carbonyl (C=O) groups excluding carboxylic acids is 1. The minimum atomic E-state index is -4.73. The summed E-state index contributed by atoms with van der Waals surface area (Å²) in [5.74, 6) is -0.385. The van der Waals surface area contributed by atoms with Crippen molar-refractivity contribution in [3.05, 3.63) is 65.5 Å². The van der Waals surface area contributed by atoms with E-state index in [4.69, 9.17) is 0 Å². The summed E-state index contributed by atoms with van der Waals surface area (Å²) in [7, 11) is -2.94. The summed E-state index contributed by atoms with van der Waals surface area (Å²) < 4.78 is 66.2. The maximum absolute atomic E-state index is 12.8. The zero-order valence-electron chi connectivity index (χ0n) is 16.4. The highest BCUT2D eigenvalue weighted by Crippen LogP contribution is 2.29. The number of alkyl halides is 3. The van der Waals surface area contributed by atoms with Gasteiger partial charge in [-0.3, -0.25) is 4.79 Å². The molecule has 1 amide bonds. The van der Waals surface area contributed by atoms with Gasteiger partial charge in [0.2, 0.25) is 15.9 Å². The van der Waals surface area contributed by atoms with Gasteiger partial charge in [0, 0.05) is 5.69 Å². The first kappa shape index (κ1) is 22.4. The summed E-state index contributed by atoms with van der Waals surface area (Å²) in [4.78, 5) is 12.0. The van der Waals surface area contributed by atoms with Crippen molar-refractivity contribution in [1.29, 1.82) is 0 Å². The van der Waals surface area contributed by atoms with Crippen molar-refractivity contribution in [2.45, 2.75) is 24.4 Å². The van der Waals surface area contributed by atoms with Crippen LogP contribution in [-0.4, -0.2) is 36.4 Å². The predicted octanol–water partition coefficient (Wildman–Crippen LogP) is 2.68. The summed E-state index contributed by atoms with van der Waals surface area (Å²) in [6.07, 6.45) is -4.09. The number of nitrogens with one attached hydrogen (secondary N) is 2. The number of hydrogen-bond acceptors (Lipinski definition) is 5. The Morgan fingerprint density at radius 2 is 1.81 bits per heavy atom. The van der Waals surface area contributed by atoms with Gasteiger partial charge in [0.1, 0.15) is 4.90 Å². The van der Waals surface area contributed by atoms with Crippen LogP contribution in [0.25, 0.3) is 5.69 Å². The lowest BCUT2D eigenvalue weighted by molar-refractivity contribution is -0.141. The Kier molecular flexibility index (Phi) is 6.13. The second kappa shape index (κ2) is 8.47. The van der Waals surface area contributed by atoms with Crippen LogP contribution in [-0.2, 0) is 27.4 Å². The van der Waals surface area contributed by atoms with Crippen molar-refractivity contribution in [2.75, 3.05) is 12.4 Å². The average molecular weight is 453 g/mol. The lowest BCUT2D eigenvalue weighted by Gasteiger charge is -2.12. The van der Waals surface area contributed by atoms with Crippen LogP contribution in [0.1, 0.15) is 16.8 Å². The smallest absolute Gasteiger partial charge is 0.326 e. The Bertz CT molecular complexity index is 1210. The summed E-state index contributed by atoms with van der Waals surface area (Å²) in [6, 6.07) is 11.1. The maximum atomic E-state index is 12.8. The van der Waals surface area contributed by atoms with Gasteiger partial charge in [0.05, 0.1) is 18.3 Å². The zero-order chi connectivity index (χ0) is 22.8. The number of aromatic nitrogens is 3. The van der Waals surface area contributed by atoms with Gasteiger partial charge in [-0.05, 0) is 37.7 Å². The van der Waals surface area contributed by atoms with E-state index in [0.29, 0.717) is 10.9 Å². The number of hydrogen-bond donors (Lipinski definition) is 2. The van der Waals surface area contributed by atoms with Gasteiger partial charge in [-0.1, -0.05) is 35.0 Å². The lowest BCUT2D eigenvalue weighted by Crippen LogP contribution is -2.21. The molecule has 0 aliphatic heterocycles. The number of sulfonamides is 1. The van der Waals surface area contributed by atoms with E-state index in [1.54, 1.807) is 12.1 Å². The number of benzene rings is 2. The molecule has 0 bridgehead atoms. The molecule has 3 aromatic rings. The van der Waals surface area contributed by atoms with E-state index in [2.05, 4.69) is 20.4 Å². The van der Waals surface area contributed by atoms with Gasteiger partial charge in [-0.2, -0.15) is 13.2 Å². The fourth-order valence-electron chi connectivity index (χ4n) is 2.71. The molecule has 0 aliphatic rings. The topological polar surface area (TPSA) is 106 Å². The number of nitrogens with zero attached hydrogens (tertiary/aromatic N) is 3. The highest BCUT2D eigenvalue weighted by atomic mass is 32.2. The van der Waals surface area contributed by atoms with Gasteiger partial charge in [0.15, 0.2) is 5.69 Å². The zero-order valence-corrected chi connectivity index (χ0v) is 17.3. The van der Waals surface area contributed by atoms with Crippen molar-refractivity contribution in [1.82, 2.24) is 19.7 Å². The molecule has 1 aromatic heterocycles. The molecular weight excluding hydrogens is 435 g/mol. The third-order valence-corrected chi connectivity index (χ3v) is 5.76. The highest BCUT2D eigenvalue weighted by molar-refractivity contribution is 7.89. The number of halogens is 3. The molecule has 12 heteroatoms. The molecule has 0 saturated carbocycles. The second-order valence-electron chi connectivity index (χ2n) is 6.65. The molecule has 8 nitrogen and oxygen atoms in total. The molecule has 3 rings (SSSR count). The van der Waals surface area contributed by atoms with Crippen molar-refractivity contribution in [3.63, 3.8) is 0 Å². The molecule has 164 valence electrons. The Labute approximate surface area is 176 Å². The van der Waals surface area contributed by atoms with Crippen molar-refractivity contribution >= 4 is 21.6 Å². The van der Waals surface area contributed by atoms with E-state index < -0.39 is 21.9 Å². The van der Waals surface area contributed by atoms with E-state index in [-0.39, 0.29) is 28.6 Å². The molecule has 1 heterocycles. The van der Waals surface area contributed by atoms with E-state index in [1.165, 1.54) is 12.1 Å².